The van der Waals surface area contributed by atoms with Crippen molar-refractivity contribution in [1.29, 1.82) is 0 Å². The fourth-order valence-corrected chi connectivity index (χ4v) is 1.67. The summed E-state index contributed by atoms with van der Waals surface area (Å²) in [6, 6.07) is 1.90. The van der Waals surface area contributed by atoms with Crippen LogP contribution in [0.25, 0.3) is 0 Å². The van der Waals surface area contributed by atoms with Gasteiger partial charge in [0, 0.05) is 31.5 Å². The Morgan fingerprint density at radius 2 is 2.31 bits per heavy atom. The van der Waals surface area contributed by atoms with Gasteiger partial charge >= 0.3 is 0 Å². The summed E-state index contributed by atoms with van der Waals surface area (Å²) in [5, 5.41) is 0. The molecule has 0 fully saturated rings. The molecular formula is C10H12N2O. The number of hydrogen-bond acceptors (Lipinski definition) is 2. The van der Waals surface area contributed by atoms with E-state index in [0.717, 1.165) is 18.5 Å². The zero-order valence-electron chi connectivity index (χ0n) is 7.66. The lowest BCUT2D eigenvalue weighted by Crippen LogP contribution is -2.24. The first-order valence-corrected chi connectivity index (χ1v) is 4.48. The van der Waals surface area contributed by atoms with Gasteiger partial charge in [-0.05, 0) is 24.5 Å². The van der Waals surface area contributed by atoms with Crippen LogP contribution < -0.4 is 4.90 Å². The standard InChI is InChI=1S/C10H12N2O/c1-12-9-5-6-11-7-8(9)3-2-4-10(12)13/h5-7H,2-4H2,1H3. The van der Waals surface area contributed by atoms with Crippen LogP contribution in [0.5, 0.6) is 0 Å². The first kappa shape index (κ1) is 8.23. The van der Waals surface area contributed by atoms with E-state index in [-0.39, 0.29) is 5.91 Å². The van der Waals surface area contributed by atoms with E-state index < -0.39 is 0 Å². The number of aryl methyl sites for hydroxylation is 1. The van der Waals surface area contributed by atoms with Gasteiger partial charge in [0.05, 0.1) is 0 Å². The lowest BCUT2D eigenvalue weighted by Gasteiger charge is -2.16. The highest BCUT2D eigenvalue weighted by atomic mass is 16.2. The Morgan fingerprint density at radius 3 is 3.15 bits per heavy atom. The summed E-state index contributed by atoms with van der Waals surface area (Å²) in [5.74, 6) is 0.199. The number of rotatable bonds is 0. The second-order valence-electron chi connectivity index (χ2n) is 3.31. The van der Waals surface area contributed by atoms with E-state index in [0.29, 0.717) is 6.42 Å². The monoisotopic (exact) mass is 176 g/mol. The summed E-state index contributed by atoms with van der Waals surface area (Å²) in [6.45, 7) is 0. The van der Waals surface area contributed by atoms with E-state index >= 15 is 0 Å². The molecule has 0 unspecified atom stereocenters. The molecule has 0 bridgehead atoms. The third kappa shape index (κ3) is 1.41. The van der Waals surface area contributed by atoms with Crippen LogP contribution in [0.3, 0.4) is 0 Å². The largest absolute Gasteiger partial charge is 0.315 e. The molecule has 0 N–H and O–H groups in total. The second-order valence-corrected chi connectivity index (χ2v) is 3.31. The molecule has 3 nitrogen and oxygen atoms in total. The number of nitrogens with zero attached hydrogens (tertiary/aromatic N) is 2. The summed E-state index contributed by atoms with van der Waals surface area (Å²) in [4.78, 5) is 17.3. The molecule has 1 aromatic heterocycles. The highest BCUT2D eigenvalue weighted by molar-refractivity contribution is 5.94. The summed E-state index contributed by atoms with van der Waals surface area (Å²) < 4.78 is 0. The van der Waals surface area contributed by atoms with Crippen molar-refractivity contribution in [3.8, 4) is 0 Å². The maximum atomic E-state index is 11.5. The number of hydrogen-bond donors (Lipinski definition) is 0. The first-order chi connectivity index (χ1) is 6.29. The van der Waals surface area contributed by atoms with E-state index in [4.69, 9.17) is 0 Å². The molecule has 13 heavy (non-hydrogen) atoms. The van der Waals surface area contributed by atoms with Gasteiger partial charge in [0.1, 0.15) is 0 Å². The number of aromatic nitrogens is 1. The lowest BCUT2D eigenvalue weighted by atomic mass is 10.1. The molecule has 0 aliphatic carbocycles. The predicted molar refractivity (Wildman–Crippen MR) is 50.6 cm³/mol. The van der Waals surface area contributed by atoms with E-state index in [2.05, 4.69) is 4.98 Å². The van der Waals surface area contributed by atoms with Gasteiger partial charge in [-0.1, -0.05) is 0 Å². The van der Waals surface area contributed by atoms with Crippen LogP contribution in [0.4, 0.5) is 5.69 Å². The van der Waals surface area contributed by atoms with E-state index in [9.17, 15) is 4.79 Å². The molecule has 1 aromatic rings. The SMILES string of the molecule is CN1C(=O)CCCc2cnccc21. The lowest BCUT2D eigenvalue weighted by molar-refractivity contribution is -0.118. The van der Waals surface area contributed by atoms with Crippen LogP contribution in [0.2, 0.25) is 0 Å². The van der Waals surface area contributed by atoms with E-state index in [1.165, 1.54) is 5.56 Å². The third-order valence-electron chi connectivity index (χ3n) is 2.45. The first-order valence-electron chi connectivity index (χ1n) is 4.48. The quantitative estimate of drug-likeness (QED) is 0.598. The van der Waals surface area contributed by atoms with Crippen LogP contribution in [-0.2, 0) is 11.2 Å². The van der Waals surface area contributed by atoms with Crippen LogP contribution in [0.1, 0.15) is 18.4 Å². The Balaban J connectivity index is 2.46. The third-order valence-corrected chi connectivity index (χ3v) is 2.45. The average Bonchev–Trinajstić information content (AvgIpc) is 2.29. The van der Waals surface area contributed by atoms with E-state index in [1.54, 1.807) is 11.1 Å². The molecule has 0 saturated heterocycles. The minimum Gasteiger partial charge on any atom is -0.315 e. The van der Waals surface area contributed by atoms with Crippen molar-refractivity contribution < 1.29 is 4.79 Å². The zero-order valence-corrected chi connectivity index (χ0v) is 7.66. The summed E-state index contributed by atoms with van der Waals surface area (Å²) in [7, 11) is 1.83. The number of fused-ring (bicyclic) bond motifs is 1. The maximum Gasteiger partial charge on any atom is 0.226 e. The molecule has 2 rings (SSSR count). The Kier molecular flexibility index (Phi) is 2.00. The number of anilines is 1. The van der Waals surface area contributed by atoms with Crippen LogP contribution in [0.15, 0.2) is 18.5 Å². The fraction of sp³-hybridized carbons (Fsp3) is 0.400. The molecule has 0 aromatic carbocycles. The molecule has 0 atom stereocenters. The minimum atomic E-state index is 0.199. The van der Waals surface area contributed by atoms with Crippen molar-refractivity contribution in [2.75, 3.05) is 11.9 Å². The van der Waals surface area contributed by atoms with Crippen molar-refractivity contribution in [1.82, 2.24) is 4.98 Å². The molecule has 1 aliphatic rings. The van der Waals surface area contributed by atoms with Crippen LogP contribution in [0, 0.1) is 0 Å². The van der Waals surface area contributed by atoms with Crippen LogP contribution >= 0.6 is 0 Å². The average molecular weight is 176 g/mol. The smallest absolute Gasteiger partial charge is 0.226 e. The summed E-state index contributed by atoms with van der Waals surface area (Å²) in [5.41, 5.74) is 2.19. The molecule has 68 valence electrons. The van der Waals surface area contributed by atoms with Gasteiger partial charge in [0.15, 0.2) is 0 Å². The maximum absolute atomic E-state index is 11.5. The van der Waals surface area contributed by atoms with Crippen molar-refractivity contribution in [2.24, 2.45) is 0 Å². The Bertz CT molecular complexity index is 335. The number of carbonyl (C=O) groups excluding carboxylic acids is 1. The second kappa shape index (κ2) is 3.17. The van der Waals surface area contributed by atoms with Crippen LogP contribution in [-0.4, -0.2) is 17.9 Å². The van der Waals surface area contributed by atoms with E-state index in [1.807, 2.05) is 19.3 Å². The van der Waals surface area contributed by atoms with Gasteiger partial charge in [0.2, 0.25) is 5.91 Å². The molecule has 1 aliphatic heterocycles. The van der Waals surface area contributed by atoms with Crippen molar-refractivity contribution in [2.45, 2.75) is 19.3 Å². The number of amides is 1. The minimum absolute atomic E-state index is 0.199. The van der Waals surface area contributed by atoms with Crippen molar-refractivity contribution >= 4 is 11.6 Å². The number of pyridine rings is 1. The molecule has 1 amide bonds. The van der Waals surface area contributed by atoms with Gasteiger partial charge in [0.25, 0.3) is 0 Å². The highest BCUT2D eigenvalue weighted by Gasteiger charge is 2.17. The highest BCUT2D eigenvalue weighted by Crippen LogP contribution is 2.24. The van der Waals surface area contributed by atoms with Gasteiger partial charge in [-0.25, -0.2) is 0 Å². The van der Waals surface area contributed by atoms with Gasteiger partial charge in [-0.15, -0.1) is 0 Å². The predicted octanol–water partition coefficient (Wildman–Crippen LogP) is 1.38. The van der Waals surface area contributed by atoms with Gasteiger partial charge < -0.3 is 4.90 Å². The van der Waals surface area contributed by atoms with Gasteiger partial charge in [-0.2, -0.15) is 0 Å². The van der Waals surface area contributed by atoms with Crippen molar-refractivity contribution in [3.05, 3.63) is 24.0 Å². The Hall–Kier alpha value is -1.38. The zero-order chi connectivity index (χ0) is 9.26. The molecule has 0 spiro atoms. The molecule has 3 heteroatoms. The Morgan fingerprint density at radius 1 is 1.46 bits per heavy atom. The summed E-state index contributed by atoms with van der Waals surface area (Å²) in [6.07, 6.45) is 6.12. The molecule has 2 heterocycles. The number of carbonyl (C=O) groups is 1. The summed E-state index contributed by atoms with van der Waals surface area (Å²) >= 11 is 0. The topological polar surface area (TPSA) is 33.2 Å². The fourth-order valence-electron chi connectivity index (χ4n) is 1.67. The molecular weight excluding hydrogens is 164 g/mol. The normalized spacial score (nSPS) is 16.7. The van der Waals surface area contributed by atoms with Crippen molar-refractivity contribution in [3.63, 3.8) is 0 Å². The molecule has 0 radical (unpaired) electrons. The molecule has 0 saturated carbocycles. The Labute approximate surface area is 77.4 Å². The van der Waals surface area contributed by atoms with Gasteiger partial charge in [-0.3, -0.25) is 9.78 Å².